The molecule has 8 nitrogen and oxygen atoms in total. The fraction of sp³-hybridized carbons (Fsp3) is 0.750. The fourth-order valence-corrected chi connectivity index (χ4v) is 3.24. The molecule has 1 aliphatic carbocycles. The van der Waals surface area contributed by atoms with Crippen LogP contribution in [0.25, 0.3) is 0 Å². The third-order valence-corrected chi connectivity index (χ3v) is 4.94. The number of aliphatic carboxylic acids is 1. The number of thioether (sulfide) groups is 1. The second kappa shape index (κ2) is 5.28. The van der Waals surface area contributed by atoms with Crippen LogP contribution in [0.4, 0.5) is 0 Å². The average Bonchev–Trinajstić information content (AvgIpc) is 3.04. The van der Waals surface area contributed by atoms with Crippen LogP contribution in [0.1, 0.15) is 32.2 Å². The zero-order valence-corrected chi connectivity index (χ0v) is 12.5. The number of likely N-dealkylation sites (tertiary alicyclic amines) is 1. The van der Waals surface area contributed by atoms with Gasteiger partial charge in [-0.25, -0.2) is 4.68 Å². The molecule has 114 valence electrons. The predicted octanol–water partition coefficient (Wildman–Crippen LogP) is 0.423. The molecule has 1 atom stereocenters. The minimum atomic E-state index is -0.844. The van der Waals surface area contributed by atoms with E-state index in [1.54, 1.807) is 16.5 Å². The third kappa shape index (κ3) is 2.87. The molecule has 1 aromatic heterocycles. The number of rotatable bonds is 5. The molecule has 1 saturated heterocycles. The summed E-state index contributed by atoms with van der Waals surface area (Å²) >= 11 is 1.31. The van der Waals surface area contributed by atoms with Gasteiger partial charge in [0.1, 0.15) is 0 Å². The van der Waals surface area contributed by atoms with Crippen LogP contribution in [0.3, 0.4) is 0 Å². The summed E-state index contributed by atoms with van der Waals surface area (Å²) < 4.78 is 1.77. The lowest BCUT2D eigenvalue weighted by molar-refractivity contribution is -0.147. The standard InChI is InChI=1S/C12H17N5O3S/c1-12(10(19)20)4-5-16(7-12)9(18)6-21-11-13-14-15-17(11)8-2-3-8/h8H,2-7H2,1H3,(H,19,20). The van der Waals surface area contributed by atoms with Gasteiger partial charge in [0, 0.05) is 13.1 Å². The van der Waals surface area contributed by atoms with Gasteiger partial charge in [0.05, 0.1) is 17.2 Å². The smallest absolute Gasteiger partial charge is 0.311 e. The Hall–Kier alpha value is -1.64. The molecule has 1 aromatic rings. The molecular formula is C12H17N5O3S. The monoisotopic (exact) mass is 311 g/mol. The number of nitrogens with zero attached hydrogens (tertiary/aromatic N) is 5. The maximum atomic E-state index is 12.2. The number of carboxylic acids is 1. The lowest BCUT2D eigenvalue weighted by Crippen LogP contribution is -2.35. The SMILES string of the molecule is CC1(C(=O)O)CCN(C(=O)CSc2nnnn2C2CC2)C1. The highest BCUT2D eigenvalue weighted by atomic mass is 32.2. The van der Waals surface area contributed by atoms with Crippen molar-refractivity contribution < 1.29 is 14.7 Å². The summed E-state index contributed by atoms with van der Waals surface area (Å²) in [6.07, 6.45) is 2.66. The van der Waals surface area contributed by atoms with E-state index in [1.807, 2.05) is 0 Å². The second-order valence-electron chi connectivity index (χ2n) is 5.86. The third-order valence-electron chi connectivity index (χ3n) is 4.02. The predicted molar refractivity (Wildman–Crippen MR) is 73.8 cm³/mol. The van der Waals surface area contributed by atoms with Gasteiger partial charge < -0.3 is 10.0 Å². The molecule has 21 heavy (non-hydrogen) atoms. The van der Waals surface area contributed by atoms with Crippen molar-refractivity contribution >= 4 is 23.6 Å². The van der Waals surface area contributed by atoms with E-state index in [2.05, 4.69) is 15.5 Å². The molecule has 1 amide bonds. The van der Waals surface area contributed by atoms with Crippen molar-refractivity contribution in [2.75, 3.05) is 18.8 Å². The molecule has 1 unspecified atom stereocenters. The molecular weight excluding hydrogens is 294 g/mol. The van der Waals surface area contributed by atoms with Crippen LogP contribution in [-0.2, 0) is 9.59 Å². The largest absolute Gasteiger partial charge is 0.481 e. The Morgan fingerprint density at radius 3 is 2.86 bits per heavy atom. The number of aromatic nitrogens is 4. The zero-order valence-electron chi connectivity index (χ0n) is 11.7. The van der Waals surface area contributed by atoms with Gasteiger partial charge in [0.15, 0.2) is 0 Å². The van der Waals surface area contributed by atoms with E-state index in [9.17, 15) is 14.7 Å². The van der Waals surface area contributed by atoms with Gasteiger partial charge in [-0.1, -0.05) is 11.8 Å². The van der Waals surface area contributed by atoms with Crippen molar-refractivity contribution in [1.82, 2.24) is 25.1 Å². The highest BCUT2D eigenvalue weighted by Crippen LogP contribution is 2.36. The molecule has 1 aliphatic heterocycles. The Kier molecular flexibility index (Phi) is 3.60. The average molecular weight is 311 g/mol. The Labute approximate surface area is 125 Å². The molecule has 2 heterocycles. The Balaban J connectivity index is 1.55. The van der Waals surface area contributed by atoms with Crippen molar-refractivity contribution in [2.24, 2.45) is 5.41 Å². The van der Waals surface area contributed by atoms with Crippen molar-refractivity contribution in [1.29, 1.82) is 0 Å². The summed E-state index contributed by atoms with van der Waals surface area (Å²) in [6, 6.07) is 0.375. The fourth-order valence-electron chi connectivity index (χ4n) is 2.39. The van der Waals surface area contributed by atoms with E-state index in [4.69, 9.17) is 0 Å². The molecule has 1 N–H and O–H groups in total. The van der Waals surface area contributed by atoms with Gasteiger partial charge in [0.2, 0.25) is 11.1 Å². The van der Waals surface area contributed by atoms with Crippen LogP contribution < -0.4 is 0 Å². The quantitative estimate of drug-likeness (QED) is 0.786. The number of amides is 1. The first-order valence-corrected chi connectivity index (χ1v) is 7.90. The van der Waals surface area contributed by atoms with E-state index >= 15 is 0 Å². The topological polar surface area (TPSA) is 101 Å². The zero-order chi connectivity index (χ0) is 15.0. The number of hydrogen-bond acceptors (Lipinski definition) is 6. The van der Waals surface area contributed by atoms with Gasteiger partial charge in [-0.15, -0.1) is 5.10 Å². The number of carboxylic acid groups (broad SMARTS) is 1. The van der Waals surface area contributed by atoms with E-state index in [1.165, 1.54) is 11.8 Å². The highest BCUT2D eigenvalue weighted by Gasteiger charge is 2.42. The van der Waals surface area contributed by atoms with Gasteiger partial charge in [0.25, 0.3) is 0 Å². The van der Waals surface area contributed by atoms with Gasteiger partial charge in [-0.3, -0.25) is 9.59 Å². The Morgan fingerprint density at radius 2 is 2.24 bits per heavy atom. The molecule has 0 spiro atoms. The number of tetrazole rings is 1. The van der Waals surface area contributed by atoms with Gasteiger partial charge >= 0.3 is 5.97 Å². The summed E-state index contributed by atoms with van der Waals surface area (Å²) in [5.41, 5.74) is -0.823. The van der Waals surface area contributed by atoms with Crippen molar-refractivity contribution in [3.63, 3.8) is 0 Å². The number of carbonyl (C=O) groups is 2. The maximum Gasteiger partial charge on any atom is 0.311 e. The molecule has 0 aromatic carbocycles. The first-order valence-electron chi connectivity index (χ1n) is 6.91. The summed E-state index contributed by atoms with van der Waals surface area (Å²) in [4.78, 5) is 25.0. The summed E-state index contributed by atoms with van der Waals surface area (Å²) in [5.74, 6) is -0.665. The summed E-state index contributed by atoms with van der Waals surface area (Å²) in [5, 5.41) is 21.4. The van der Waals surface area contributed by atoms with Crippen LogP contribution in [0.2, 0.25) is 0 Å². The minimum absolute atomic E-state index is 0.0599. The maximum absolute atomic E-state index is 12.2. The van der Waals surface area contributed by atoms with Gasteiger partial charge in [-0.05, 0) is 36.6 Å². The van der Waals surface area contributed by atoms with Crippen LogP contribution in [-0.4, -0.2) is 60.9 Å². The number of carbonyl (C=O) groups excluding carboxylic acids is 1. The van der Waals surface area contributed by atoms with E-state index in [0.29, 0.717) is 24.2 Å². The van der Waals surface area contributed by atoms with Crippen LogP contribution in [0.5, 0.6) is 0 Å². The van der Waals surface area contributed by atoms with Crippen molar-refractivity contribution in [3.05, 3.63) is 0 Å². The van der Waals surface area contributed by atoms with E-state index in [-0.39, 0.29) is 18.2 Å². The molecule has 0 radical (unpaired) electrons. The molecule has 3 rings (SSSR count). The molecule has 1 saturated carbocycles. The van der Waals surface area contributed by atoms with Crippen LogP contribution >= 0.6 is 11.8 Å². The summed E-state index contributed by atoms with van der Waals surface area (Å²) in [7, 11) is 0. The van der Waals surface area contributed by atoms with Crippen LogP contribution in [0.15, 0.2) is 5.16 Å². The lowest BCUT2D eigenvalue weighted by Gasteiger charge is -2.19. The normalized spacial score (nSPS) is 25.3. The molecule has 9 heteroatoms. The Morgan fingerprint density at radius 1 is 1.48 bits per heavy atom. The van der Waals surface area contributed by atoms with Crippen molar-refractivity contribution in [2.45, 2.75) is 37.4 Å². The first-order chi connectivity index (χ1) is 9.99. The minimum Gasteiger partial charge on any atom is -0.481 e. The van der Waals surface area contributed by atoms with E-state index in [0.717, 1.165) is 12.8 Å². The van der Waals surface area contributed by atoms with Gasteiger partial charge in [-0.2, -0.15) is 0 Å². The molecule has 2 aliphatic rings. The lowest BCUT2D eigenvalue weighted by atomic mass is 9.90. The number of hydrogen-bond donors (Lipinski definition) is 1. The van der Waals surface area contributed by atoms with Crippen LogP contribution in [0, 0.1) is 5.41 Å². The molecule has 2 fully saturated rings. The van der Waals surface area contributed by atoms with E-state index < -0.39 is 11.4 Å². The highest BCUT2D eigenvalue weighted by molar-refractivity contribution is 7.99. The molecule has 0 bridgehead atoms. The Bertz CT molecular complexity index is 573. The first kappa shape index (κ1) is 14.3. The van der Waals surface area contributed by atoms with Crippen molar-refractivity contribution in [3.8, 4) is 0 Å². The summed E-state index contributed by atoms with van der Waals surface area (Å²) in [6.45, 7) is 2.45. The second-order valence-corrected chi connectivity index (χ2v) is 6.80.